The van der Waals surface area contributed by atoms with E-state index in [9.17, 15) is 18.0 Å². The van der Waals surface area contributed by atoms with E-state index < -0.39 is 35.3 Å². The van der Waals surface area contributed by atoms with Crippen LogP contribution in [0.25, 0.3) is 0 Å². The highest BCUT2D eigenvalue weighted by atomic mass is 19.4. The van der Waals surface area contributed by atoms with Crippen LogP contribution in [0.5, 0.6) is 0 Å². The Hall–Kier alpha value is -1.50. The summed E-state index contributed by atoms with van der Waals surface area (Å²) in [6, 6.07) is 0. The van der Waals surface area contributed by atoms with Crippen molar-refractivity contribution in [2.24, 2.45) is 11.1 Å². The number of hydrogen-bond donors (Lipinski definition) is 1. The van der Waals surface area contributed by atoms with Crippen molar-refractivity contribution in [2.45, 2.75) is 95.6 Å². The number of carbonyl (C=O) groups is 1. The minimum Gasteiger partial charge on any atom is -0.489 e. The van der Waals surface area contributed by atoms with E-state index in [0.717, 1.165) is 0 Å². The van der Waals surface area contributed by atoms with Gasteiger partial charge in [0, 0.05) is 6.42 Å². The largest absolute Gasteiger partial charge is 0.489 e. The molecule has 0 aromatic carbocycles. The van der Waals surface area contributed by atoms with Crippen molar-refractivity contribution in [1.82, 2.24) is 0 Å². The Balaban J connectivity index is 1.81. The third kappa shape index (κ3) is 4.56. The smallest absolute Gasteiger partial charge is 0.392 e. The van der Waals surface area contributed by atoms with Crippen LogP contribution in [0.4, 0.5) is 13.2 Å². The van der Waals surface area contributed by atoms with Crippen molar-refractivity contribution in [3.8, 4) is 0 Å². The molecule has 0 spiro atoms. The third-order valence-electron chi connectivity index (χ3n) is 6.10. The minimum absolute atomic E-state index is 0.251. The first-order valence-corrected chi connectivity index (χ1v) is 9.96. The predicted molar refractivity (Wildman–Crippen MR) is 99.2 cm³/mol. The van der Waals surface area contributed by atoms with Crippen LogP contribution in [0.3, 0.4) is 0 Å². The van der Waals surface area contributed by atoms with Crippen LogP contribution in [0.2, 0.25) is 0 Å². The molecule has 2 N–H and O–H groups in total. The molecular formula is C21H30F3NO3. The number of esters is 1. The first kappa shape index (κ1) is 21.2. The molecule has 158 valence electrons. The van der Waals surface area contributed by atoms with Crippen LogP contribution in [0.15, 0.2) is 23.5 Å². The molecule has 3 fully saturated rings. The quantitative estimate of drug-likeness (QED) is 0.679. The zero-order valence-corrected chi connectivity index (χ0v) is 16.8. The summed E-state index contributed by atoms with van der Waals surface area (Å²) in [7, 11) is 0. The zero-order valence-electron chi connectivity index (χ0n) is 16.8. The summed E-state index contributed by atoms with van der Waals surface area (Å²) in [6.45, 7) is 5.49. The van der Waals surface area contributed by atoms with Gasteiger partial charge in [-0.25, -0.2) is 0 Å². The maximum atomic E-state index is 12.9. The van der Waals surface area contributed by atoms with Gasteiger partial charge >= 0.3 is 12.1 Å². The van der Waals surface area contributed by atoms with Gasteiger partial charge in [-0.1, -0.05) is 6.08 Å². The lowest BCUT2D eigenvalue weighted by molar-refractivity contribution is -0.182. The molecule has 0 radical (unpaired) electrons. The molecule has 0 aromatic heterocycles. The van der Waals surface area contributed by atoms with Gasteiger partial charge in [0.25, 0.3) is 0 Å². The number of rotatable bonds is 4. The first-order valence-electron chi connectivity index (χ1n) is 9.96. The Kier molecular flexibility index (Phi) is 5.36. The van der Waals surface area contributed by atoms with E-state index in [0.29, 0.717) is 44.9 Å². The Morgan fingerprint density at radius 2 is 1.86 bits per heavy atom. The van der Waals surface area contributed by atoms with Crippen molar-refractivity contribution in [3.63, 3.8) is 0 Å². The summed E-state index contributed by atoms with van der Waals surface area (Å²) < 4.78 is 50.6. The SMILES string of the molecule is CC(C)(C)OC(=O)C12CCC(N)(CC1)C(OC1=C(CC(F)(F)F)CCC=C1)C2. The molecule has 4 nitrogen and oxygen atoms in total. The number of allylic oxidation sites excluding steroid dienone is 3. The highest BCUT2D eigenvalue weighted by Crippen LogP contribution is 2.54. The number of halogens is 3. The van der Waals surface area contributed by atoms with Crippen molar-refractivity contribution in [1.29, 1.82) is 0 Å². The maximum absolute atomic E-state index is 12.9. The summed E-state index contributed by atoms with van der Waals surface area (Å²) >= 11 is 0. The molecule has 4 aliphatic carbocycles. The average Bonchev–Trinajstić information content (AvgIpc) is 2.55. The van der Waals surface area contributed by atoms with Gasteiger partial charge in [-0.15, -0.1) is 0 Å². The van der Waals surface area contributed by atoms with E-state index >= 15 is 0 Å². The van der Waals surface area contributed by atoms with Gasteiger partial charge in [0.2, 0.25) is 0 Å². The van der Waals surface area contributed by atoms with Gasteiger partial charge < -0.3 is 15.2 Å². The number of hydrogen-bond acceptors (Lipinski definition) is 4. The monoisotopic (exact) mass is 401 g/mol. The second kappa shape index (κ2) is 7.08. The molecule has 2 bridgehead atoms. The zero-order chi connectivity index (χ0) is 20.8. The Bertz CT molecular complexity index is 680. The molecule has 0 aliphatic heterocycles. The number of nitrogens with two attached hydrogens (primary N) is 1. The van der Waals surface area contributed by atoms with Crippen molar-refractivity contribution in [2.75, 3.05) is 0 Å². The first-order chi connectivity index (χ1) is 12.8. The van der Waals surface area contributed by atoms with Crippen molar-refractivity contribution >= 4 is 5.97 Å². The normalized spacial score (nSPS) is 33.2. The van der Waals surface area contributed by atoms with Gasteiger partial charge in [0.15, 0.2) is 0 Å². The van der Waals surface area contributed by atoms with E-state index in [1.807, 2.05) is 26.8 Å². The molecule has 3 saturated carbocycles. The average molecular weight is 401 g/mol. The van der Waals surface area contributed by atoms with E-state index in [-0.39, 0.29) is 17.3 Å². The fourth-order valence-electron chi connectivity index (χ4n) is 4.49. The van der Waals surface area contributed by atoms with Crippen LogP contribution >= 0.6 is 0 Å². The van der Waals surface area contributed by atoms with Gasteiger partial charge in [-0.2, -0.15) is 13.2 Å². The van der Waals surface area contributed by atoms with Crippen LogP contribution in [-0.2, 0) is 14.3 Å². The lowest BCUT2D eigenvalue weighted by Gasteiger charge is -2.54. The summed E-state index contributed by atoms with van der Waals surface area (Å²) in [5.74, 6) is 0.0179. The molecule has 1 unspecified atom stereocenters. The Morgan fingerprint density at radius 3 is 2.43 bits per heavy atom. The van der Waals surface area contributed by atoms with Crippen molar-refractivity contribution < 1.29 is 27.4 Å². The van der Waals surface area contributed by atoms with E-state index in [2.05, 4.69) is 0 Å². The molecule has 1 atom stereocenters. The summed E-state index contributed by atoms with van der Waals surface area (Å²) in [5.41, 5.74) is 4.95. The topological polar surface area (TPSA) is 61.5 Å². The van der Waals surface area contributed by atoms with Crippen LogP contribution < -0.4 is 5.73 Å². The Morgan fingerprint density at radius 1 is 1.21 bits per heavy atom. The van der Waals surface area contributed by atoms with Gasteiger partial charge in [0.1, 0.15) is 17.5 Å². The molecule has 7 heteroatoms. The summed E-state index contributed by atoms with van der Waals surface area (Å²) in [5, 5.41) is 0. The van der Waals surface area contributed by atoms with E-state index in [1.54, 1.807) is 6.08 Å². The number of alkyl halides is 3. The second-order valence-electron chi connectivity index (χ2n) is 9.53. The molecule has 28 heavy (non-hydrogen) atoms. The summed E-state index contributed by atoms with van der Waals surface area (Å²) in [4.78, 5) is 12.9. The lowest BCUT2D eigenvalue weighted by atomic mass is 9.56. The van der Waals surface area contributed by atoms with Crippen molar-refractivity contribution in [3.05, 3.63) is 23.5 Å². The molecule has 4 rings (SSSR count). The number of ether oxygens (including phenoxy) is 2. The maximum Gasteiger partial charge on any atom is 0.392 e. The fourth-order valence-corrected chi connectivity index (χ4v) is 4.49. The standard InChI is InChI=1S/C21H30F3NO3/c1-18(2,3)28-17(26)19-8-10-20(25,11-9-19)16(13-19)27-15-7-5-4-6-14(15)12-21(22,23)24/h5,7,16H,4,6,8-13,25H2,1-3H3. The number of carbonyl (C=O) groups excluding carboxylic acids is 1. The molecular weight excluding hydrogens is 371 g/mol. The lowest BCUT2D eigenvalue weighted by Crippen LogP contribution is -2.64. The summed E-state index contributed by atoms with van der Waals surface area (Å²) in [6.07, 6.45) is 1.42. The van der Waals surface area contributed by atoms with E-state index in [1.165, 1.54) is 0 Å². The fraction of sp³-hybridized carbons (Fsp3) is 0.762. The van der Waals surface area contributed by atoms with Crippen LogP contribution in [0.1, 0.15) is 72.1 Å². The molecule has 0 heterocycles. The van der Waals surface area contributed by atoms with E-state index in [4.69, 9.17) is 15.2 Å². The minimum atomic E-state index is -4.28. The predicted octanol–water partition coefficient (Wildman–Crippen LogP) is 4.93. The van der Waals surface area contributed by atoms with Gasteiger partial charge in [-0.05, 0) is 70.9 Å². The highest BCUT2D eigenvalue weighted by molar-refractivity contribution is 5.78. The van der Waals surface area contributed by atoms with Gasteiger partial charge in [0.05, 0.1) is 17.4 Å². The van der Waals surface area contributed by atoms with Crippen LogP contribution in [0, 0.1) is 5.41 Å². The molecule has 0 saturated heterocycles. The second-order valence-corrected chi connectivity index (χ2v) is 9.53. The van der Waals surface area contributed by atoms with Crippen LogP contribution in [-0.4, -0.2) is 29.4 Å². The number of fused-ring (bicyclic) bond motifs is 3. The third-order valence-corrected chi connectivity index (χ3v) is 6.10. The molecule has 0 aromatic rings. The Labute approximate surface area is 164 Å². The molecule has 0 amide bonds. The molecule has 4 aliphatic rings. The highest BCUT2D eigenvalue weighted by Gasteiger charge is 2.58. The van der Waals surface area contributed by atoms with Gasteiger partial charge in [-0.3, -0.25) is 4.79 Å².